The molecular weight excluding hydrogens is 620 g/mol. The Morgan fingerprint density at radius 1 is 0.673 bits per heavy atom. The van der Waals surface area contributed by atoms with Crippen LogP contribution >= 0.6 is 0 Å². The molecule has 10 heteroatoms. The fourth-order valence-corrected chi connectivity index (χ4v) is 5.99. The third-order valence-electron chi connectivity index (χ3n) is 8.87. The van der Waals surface area contributed by atoms with Gasteiger partial charge in [0.2, 0.25) is 11.7 Å². The Kier molecular flexibility index (Phi) is 13.7. The molecule has 0 fully saturated rings. The maximum Gasteiger partial charge on any atom is 0.295 e. The lowest BCUT2D eigenvalue weighted by Gasteiger charge is -2.35. The molecule has 258 valence electrons. The lowest BCUT2D eigenvalue weighted by atomic mass is 9.96. The van der Waals surface area contributed by atoms with Gasteiger partial charge in [0.15, 0.2) is 11.5 Å². The molecule has 2 aromatic heterocycles. The average molecular weight is 667 g/mol. The largest absolute Gasteiger partial charge is 0.493 e. The highest BCUT2D eigenvalue weighted by Crippen LogP contribution is 2.38. The molecule has 0 N–H and O–H groups in total. The van der Waals surface area contributed by atoms with Crippen molar-refractivity contribution in [2.45, 2.75) is 57.0 Å². The third-order valence-corrected chi connectivity index (χ3v) is 8.87. The predicted molar refractivity (Wildman–Crippen MR) is 188 cm³/mol. The number of nitrogens with zero attached hydrogens (tertiary/aromatic N) is 4. The first kappa shape index (κ1) is 36.6. The molecule has 0 radical (unpaired) electrons. The molecule has 0 bridgehead atoms. The van der Waals surface area contributed by atoms with Crippen molar-refractivity contribution in [2.75, 3.05) is 35.4 Å². The van der Waals surface area contributed by atoms with Gasteiger partial charge in [-0.1, -0.05) is 30.3 Å². The second-order valence-corrected chi connectivity index (χ2v) is 12.0. The maximum absolute atomic E-state index is 14.5. The Morgan fingerprint density at radius 3 is 1.65 bits per heavy atom. The number of ether oxygens (including phenoxy) is 3. The standard InChI is InChI=1S/C39H46N4O6/c1-42(32(15-9-13-28-17-21-40-22-18-28)16-10-14-29-19-23-41-24-20-29)38(45)33(25-30-11-7-6-8-12-30)43(2)39(46)36(44)31-26-34(47-3)37(49-5)35(27-31)48-4/h6-8,11-12,17-24,26-27,32-33H,9-10,13-16,25H2,1-5H3/t33-/m0/s1. The van der Waals surface area contributed by atoms with Crippen LogP contribution in [-0.2, 0) is 28.9 Å². The van der Waals surface area contributed by atoms with Crippen molar-refractivity contribution >= 4 is 17.6 Å². The summed E-state index contributed by atoms with van der Waals surface area (Å²) in [5.41, 5.74) is 3.32. The number of hydrogen-bond acceptors (Lipinski definition) is 8. The van der Waals surface area contributed by atoms with E-state index < -0.39 is 17.7 Å². The number of benzene rings is 2. The first-order valence-electron chi connectivity index (χ1n) is 16.5. The number of Topliss-reactive ketones (excluding diaryl/α,β-unsaturated/α-hetero) is 1. The average Bonchev–Trinajstić information content (AvgIpc) is 3.15. The summed E-state index contributed by atoms with van der Waals surface area (Å²) in [6, 6.07) is 19.4. The Bertz CT molecular complexity index is 1580. The lowest BCUT2D eigenvalue weighted by Crippen LogP contribution is -2.53. The van der Waals surface area contributed by atoms with E-state index in [2.05, 4.69) is 9.97 Å². The van der Waals surface area contributed by atoms with Gasteiger partial charge in [0, 0.05) is 56.9 Å². The fourth-order valence-electron chi connectivity index (χ4n) is 5.99. The number of aryl methyl sites for hydroxylation is 2. The Morgan fingerprint density at radius 2 is 1.18 bits per heavy atom. The van der Waals surface area contributed by atoms with Crippen molar-refractivity contribution in [1.29, 1.82) is 0 Å². The van der Waals surface area contributed by atoms with Gasteiger partial charge in [0.05, 0.1) is 21.3 Å². The third kappa shape index (κ3) is 9.88. The van der Waals surface area contributed by atoms with Crippen LogP contribution in [0, 0.1) is 0 Å². The zero-order valence-corrected chi connectivity index (χ0v) is 29.0. The molecule has 0 aliphatic rings. The van der Waals surface area contributed by atoms with E-state index in [-0.39, 0.29) is 35.4 Å². The summed E-state index contributed by atoms with van der Waals surface area (Å²) >= 11 is 0. The molecule has 4 aromatic rings. The summed E-state index contributed by atoms with van der Waals surface area (Å²) in [4.78, 5) is 53.3. The maximum atomic E-state index is 14.5. The van der Waals surface area contributed by atoms with Crippen LogP contribution in [0.2, 0.25) is 0 Å². The van der Waals surface area contributed by atoms with E-state index in [9.17, 15) is 14.4 Å². The van der Waals surface area contributed by atoms with Crippen LogP contribution in [-0.4, -0.2) is 84.9 Å². The summed E-state index contributed by atoms with van der Waals surface area (Å²) in [5.74, 6) is -1.03. The number of rotatable bonds is 18. The quantitative estimate of drug-likeness (QED) is 0.0993. The summed E-state index contributed by atoms with van der Waals surface area (Å²) < 4.78 is 16.2. The van der Waals surface area contributed by atoms with E-state index in [0.29, 0.717) is 5.75 Å². The molecule has 49 heavy (non-hydrogen) atoms. The van der Waals surface area contributed by atoms with E-state index in [1.54, 1.807) is 29.7 Å². The molecule has 2 heterocycles. The molecule has 0 spiro atoms. The van der Waals surface area contributed by atoms with Gasteiger partial charge in [-0.05, 0) is 91.6 Å². The van der Waals surface area contributed by atoms with Crippen LogP contribution in [0.5, 0.6) is 17.2 Å². The van der Waals surface area contributed by atoms with Gasteiger partial charge in [0.1, 0.15) is 6.04 Å². The number of hydrogen-bond donors (Lipinski definition) is 0. The zero-order chi connectivity index (χ0) is 35.2. The number of methoxy groups -OCH3 is 3. The Labute approximate surface area is 289 Å². The molecule has 0 saturated carbocycles. The highest BCUT2D eigenvalue weighted by Gasteiger charge is 2.35. The summed E-state index contributed by atoms with van der Waals surface area (Å²) in [6.07, 6.45) is 12.4. The number of pyridine rings is 2. The van der Waals surface area contributed by atoms with Crippen LogP contribution in [0.1, 0.15) is 52.7 Å². The molecule has 10 nitrogen and oxygen atoms in total. The minimum Gasteiger partial charge on any atom is -0.493 e. The van der Waals surface area contributed by atoms with Crippen molar-refractivity contribution in [2.24, 2.45) is 0 Å². The summed E-state index contributed by atoms with van der Waals surface area (Å²) in [6.45, 7) is 0. The van der Waals surface area contributed by atoms with E-state index in [1.165, 1.54) is 56.5 Å². The summed E-state index contributed by atoms with van der Waals surface area (Å²) in [7, 11) is 7.66. The van der Waals surface area contributed by atoms with Crippen LogP contribution in [0.25, 0.3) is 0 Å². The van der Waals surface area contributed by atoms with Crippen molar-refractivity contribution in [1.82, 2.24) is 19.8 Å². The van der Waals surface area contributed by atoms with Gasteiger partial charge in [0.25, 0.3) is 11.7 Å². The van der Waals surface area contributed by atoms with Crippen molar-refractivity contribution in [3.05, 3.63) is 114 Å². The number of carbonyl (C=O) groups is 3. The number of likely N-dealkylation sites (N-methyl/N-ethyl adjacent to an activating group) is 2. The predicted octanol–water partition coefficient (Wildman–Crippen LogP) is 5.63. The fraction of sp³-hybridized carbons (Fsp3) is 0.359. The number of carbonyl (C=O) groups excluding carboxylic acids is 3. The molecule has 0 aliphatic carbocycles. The molecule has 4 rings (SSSR count). The van der Waals surface area contributed by atoms with E-state index >= 15 is 0 Å². The minimum absolute atomic E-state index is 0.0655. The second kappa shape index (κ2) is 18.3. The van der Waals surface area contributed by atoms with Crippen molar-refractivity contribution in [3.63, 3.8) is 0 Å². The van der Waals surface area contributed by atoms with Gasteiger partial charge in [-0.25, -0.2) is 0 Å². The van der Waals surface area contributed by atoms with Gasteiger partial charge < -0.3 is 24.0 Å². The van der Waals surface area contributed by atoms with Gasteiger partial charge >= 0.3 is 0 Å². The highest BCUT2D eigenvalue weighted by atomic mass is 16.5. The SMILES string of the molecule is COc1cc(C(=O)C(=O)N(C)[C@@H](Cc2ccccc2)C(=O)N(C)C(CCCc2ccncc2)CCCc2ccncc2)cc(OC)c1OC. The Hall–Kier alpha value is -5.25. The minimum atomic E-state index is -0.922. The monoisotopic (exact) mass is 666 g/mol. The molecular formula is C39H46N4O6. The summed E-state index contributed by atoms with van der Waals surface area (Å²) in [5, 5.41) is 0. The van der Waals surface area contributed by atoms with E-state index in [1.807, 2.05) is 61.6 Å². The highest BCUT2D eigenvalue weighted by molar-refractivity contribution is 6.43. The Balaban J connectivity index is 1.59. The van der Waals surface area contributed by atoms with Gasteiger partial charge in [-0.2, -0.15) is 0 Å². The number of aromatic nitrogens is 2. The molecule has 1 atom stereocenters. The van der Waals surface area contributed by atoms with Crippen LogP contribution in [0.4, 0.5) is 0 Å². The molecule has 0 unspecified atom stereocenters. The van der Waals surface area contributed by atoms with Gasteiger partial charge in [-0.3, -0.25) is 24.4 Å². The molecule has 0 saturated heterocycles. The number of amides is 2. The molecule has 2 aromatic carbocycles. The van der Waals surface area contributed by atoms with Gasteiger partial charge in [-0.15, -0.1) is 0 Å². The number of ketones is 1. The second-order valence-electron chi connectivity index (χ2n) is 12.0. The van der Waals surface area contributed by atoms with Crippen LogP contribution < -0.4 is 14.2 Å². The smallest absolute Gasteiger partial charge is 0.295 e. The molecule has 2 amide bonds. The van der Waals surface area contributed by atoms with E-state index in [0.717, 1.165) is 44.1 Å². The normalized spacial score (nSPS) is 11.5. The lowest BCUT2D eigenvalue weighted by molar-refractivity contribution is -0.143. The first-order valence-corrected chi connectivity index (χ1v) is 16.5. The first-order chi connectivity index (χ1) is 23.8. The van der Waals surface area contributed by atoms with Crippen LogP contribution in [0.3, 0.4) is 0 Å². The van der Waals surface area contributed by atoms with Crippen molar-refractivity contribution < 1.29 is 28.6 Å². The molecule has 0 aliphatic heterocycles. The zero-order valence-electron chi connectivity index (χ0n) is 29.0. The van der Waals surface area contributed by atoms with E-state index in [4.69, 9.17) is 14.2 Å². The van der Waals surface area contributed by atoms with Crippen molar-refractivity contribution in [3.8, 4) is 17.2 Å². The topological polar surface area (TPSA) is 111 Å². The van der Waals surface area contributed by atoms with Crippen LogP contribution in [0.15, 0.2) is 91.5 Å².